The van der Waals surface area contributed by atoms with Crippen LogP contribution < -0.4 is 5.73 Å². The second kappa shape index (κ2) is 4.24. The van der Waals surface area contributed by atoms with Gasteiger partial charge in [-0.1, -0.05) is 31.4 Å². The third-order valence-electron chi connectivity index (χ3n) is 2.01. The summed E-state index contributed by atoms with van der Waals surface area (Å²) in [6.07, 6.45) is 6.33. The summed E-state index contributed by atoms with van der Waals surface area (Å²) in [4.78, 5) is 0. The van der Waals surface area contributed by atoms with E-state index in [-0.39, 0.29) is 12.1 Å². The Kier molecular flexibility index (Phi) is 3.26. The molecule has 0 aliphatic carbocycles. The van der Waals surface area contributed by atoms with E-state index < -0.39 is 0 Å². The smallest absolute Gasteiger partial charge is 0.0976 e. The highest BCUT2D eigenvalue weighted by Crippen LogP contribution is 2.19. The van der Waals surface area contributed by atoms with Gasteiger partial charge in [0.25, 0.3) is 0 Å². The van der Waals surface area contributed by atoms with E-state index >= 15 is 0 Å². The molecule has 0 spiro atoms. The number of nitrogens with two attached hydrogens (primary N) is 1. The monoisotopic (exact) mass is 165 g/mol. The Morgan fingerprint density at radius 2 is 2.25 bits per heavy atom. The molecule has 1 saturated heterocycles. The van der Waals surface area contributed by atoms with E-state index in [9.17, 15) is 0 Å². The minimum Gasteiger partial charge on any atom is -0.372 e. The lowest BCUT2D eigenvalue weighted by molar-refractivity contribution is 0.134. The Hall–Kier alpha value is -0.860. The standard InChI is InChI=1S/C10H15NO/c1-3-5-8(4-2)10-9(11)6-7-12-10/h3-5,9-10H,1-2,6-7,11H2/b8-5+. The molecule has 2 unspecified atom stereocenters. The predicted molar refractivity (Wildman–Crippen MR) is 50.8 cm³/mol. The fourth-order valence-electron chi connectivity index (χ4n) is 1.36. The van der Waals surface area contributed by atoms with Gasteiger partial charge < -0.3 is 10.5 Å². The van der Waals surface area contributed by atoms with Crippen LogP contribution in [0.25, 0.3) is 0 Å². The van der Waals surface area contributed by atoms with Crippen LogP contribution in [0.4, 0.5) is 0 Å². The molecule has 2 N–H and O–H groups in total. The second-order valence-electron chi connectivity index (χ2n) is 2.85. The van der Waals surface area contributed by atoms with Crippen molar-refractivity contribution in [1.82, 2.24) is 0 Å². The fraction of sp³-hybridized carbons (Fsp3) is 0.400. The van der Waals surface area contributed by atoms with Gasteiger partial charge >= 0.3 is 0 Å². The van der Waals surface area contributed by atoms with Gasteiger partial charge in [0, 0.05) is 12.6 Å². The molecule has 1 aliphatic heterocycles. The molecule has 2 nitrogen and oxygen atoms in total. The summed E-state index contributed by atoms with van der Waals surface area (Å²) in [5, 5.41) is 0. The predicted octanol–water partition coefficient (Wildman–Crippen LogP) is 1.40. The van der Waals surface area contributed by atoms with Crippen molar-refractivity contribution in [1.29, 1.82) is 0 Å². The summed E-state index contributed by atoms with van der Waals surface area (Å²) >= 11 is 0. The Morgan fingerprint density at radius 1 is 1.50 bits per heavy atom. The van der Waals surface area contributed by atoms with Crippen LogP contribution in [0.5, 0.6) is 0 Å². The molecule has 1 rings (SSSR count). The number of ether oxygens (including phenoxy) is 1. The number of rotatable bonds is 3. The summed E-state index contributed by atoms with van der Waals surface area (Å²) in [5.41, 5.74) is 6.86. The summed E-state index contributed by atoms with van der Waals surface area (Å²) in [6, 6.07) is 0.106. The first-order valence-corrected chi connectivity index (χ1v) is 4.12. The lowest BCUT2D eigenvalue weighted by atomic mass is 10.0. The van der Waals surface area contributed by atoms with Gasteiger partial charge in [-0.05, 0) is 12.0 Å². The SMILES string of the molecule is C=C/C=C(\C=C)C1OCCC1N. The summed E-state index contributed by atoms with van der Waals surface area (Å²) in [5.74, 6) is 0. The van der Waals surface area contributed by atoms with Crippen molar-refractivity contribution < 1.29 is 4.74 Å². The van der Waals surface area contributed by atoms with Crippen LogP contribution in [0, 0.1) is 0 Å². The highest BCUT2D eigenvalue weighted by atomic mass is 16.5. The Balaban J connectivity index is 2.71. The molecule has 0 amide bonds. The summed E-state index contributed by atoms with van der Waals surface area (Å²) in [6.45, 7) is 8.08. The first kappa shape index (κ1) is 9.23. The zero-order valence-electron chi connectivity index (χ0n) is 7.20. The van der Waals surface area contributed by atoms with Crippen molar-refractivity contribution in [3.63, 3.8) is 0 Å². The van der Waals surface area contributed by atoms with Crippen LogP contribution in [-0.2, 0) is 4.74 Å². The van der Waals surface area contributed by atoms with Crippen molar-refractivity contribution >= 4 is 0 Å². The molecule has 0 aromatic heterocycles. The fourth-order valence-corrected chi connectivity index (χ4v) is 1.36. The molecule has 0 aromatic carbocycles. The van der Waals surface area contributed by atoms with Crippen LogP contribution in [0.2, 0.25) is 0 Å². The van der Waals surface area contributed by atoms with Gasteiger partial charge in [0.15, 0.2) is 0 Å². The molecule has 66 valence electrons. The third-order valence-corrected chi connectivity index (χ3v) is 2.01. The lowest BCUT2D eigenvalue weighted by Crippen LogP contribution is -2.31. The van der Waals surface area contributed by atoms with Crippen LogP contribution in [0.1, 0.15) is 6.42 Å². The summed E-state index contributed by atoms with van der Waals surface area (Å²) in [7, 11) is 0. The third kappa shape index (κ3) is 1.84. The van der Waals surface area contributed by atoms with Crippen molar-refractivity contribution in [2.24, 2.45) is 5.73 Å². The van der Waals surface area contributed by atoms with E-state index in [1.165, 1.54) is 0 Å². The van der Waals surface area contributed by atoms with Gasteiger partial charge in [-0.2, -0.15) is 0 Å². The van der Waals surface area contributed by atoms with Gasteiger partial charge in [0.1, 0.15) is 0 Å². The molecule has 1 aliphatic rings. The quantitative estimate of drug-likeness (QED) is 0.641. The molecule has 1 fully saturated rings. The Bertz CT molecular complexity index is 208. The van der Waals surface area contributed by atoms with Gasteiger partial charge in [0.2, 0.25) is 0 Å². The minimum absolute atomic E-state index is 0.0144. The van der Waals surface area contributed by atoms with Gasteiger partial charge in [-0.25, -0.2) is 0 Å². The molecule has 0 saturated carbocycles. The first-order valence-electron chi connectivity index (χ1n) is 4.12. The number of hydrogen-bond acceptors (Lipinski definition) is 2. The molecule has 0 radical (unpaired) electrons. The topological polar surface area (TPSA) is 35.2 Å². The minimum atomic E-state index is 0.0144. The van der Waals surface area contributed by atoms with Crippen LogP contribution in [0.15, 0.2) is 37.0 Å². The maximum absolute atomic E-state index is 5.84. The Morgan fingerprint density at radius 3 is 2.67 bits per heavy atom. The molecule has 2 heteroatoms. The van der Waals surface area contributed by atoms with Gasteiger partial charge in [-0.15, -0.1) is 0 Å². The van der Waals surface area contributed by atoms with Crippen molar-refractivity contribution in [2.75, 3.05) is 6.61 Å². The largest absolute Gasteiger partial charge is 0.372 e. The first-order chi connectivity index (χ1) is 5.79. The molecule has 1 heterocycles. The Labute approximate surface area is 73.4 Å². The van der Waals surface area contributed by atoms with E-state index in [2.05, 4.69) is 13.2 Å². The van der Waals surface area contributed by atoms with Gasteiger partial charge in [0.05, 0.1) is 6.10 Å². The number of hydrogen-bond donors (Lipinski definition) is 1. The van der Waals surface area contributed by atoms with Crippen molar-refractivity contribution in [3.05, 3.63) is 37.0 Å². The van der Waals surface area contributed by atoms with Gasteiger partial charge in [-0.3, -0.25) is 0 Å². The van der Waals surface area contributed by atoms with Crippen LogP contribution in [0.3, 0.4) is 0 Å². The summed E-state index contributed by atoms with van der Waals surface area (Å²) < 4.78 is 5.46. The maximum Gasteiger partial charge on any atom is 0.0976 e. The highest BCUT2D eigenvalue weighted by Gasteiger charge is 2.26. The average molecular weight is 165 g/mol. The highest BCUT2D eigenvalue weighted by molar-refractivity contribution is 5.27. The normalized spacial score (nSPS) is 30.2. The van der Waals surface area contributed by atoms with E-state index in [0.29, 0.717) is 0 Å². The van der Waals surface area contributed by atoms with Crippen molar-refractivity contribution in [3.8, 4) is 0 Å². The van der Waals surface area contributed by atoms with Crippen LogP contribution >= 0.6 is 0 Å². The van der Waals surface area contributed by atoms with E-state index in [1.54, 1.807) is 12.2 Å². The van der Waals surface area contributed by atoms with Crippen molar-refractivity contribution in [2.45, 2.75) is 18.6 Å². The molecular weight excluding hydrogens is 150 g/mol. The molecule has 12 heavy (non-hydrogen) atoms. The molecular formula is C10H15NO. The van der Waals surface area contributed by atoms with E-state index in [0.717, 1.165) is 18.6 Å². The molecule has 0 bridgehead atoms. The number of allylic oxidation sites excluding steroid dienone is 2. The van der Waals surface area contributed by atoms with Crippen LogP contribution in [-0.4, -0.2) is 18.8 Å². The molecule has 0 aromatic rings. The zero-order chi connectivity index (χ0) is 8.97. The average Bonchev–Trinajstić information content (AvgIpc) is 2.47. The molecule has 2 atom stereocenters. The van der Waals surface area contributed by atoms with E-state index in [1.807, 2.05) is 6.08 Å². The second-order valence-corrected chi connectivity index (χ2v) is 2.85. The zero-order valence-corrected chi connectivity index (χ0v) is 7.20. The van der Waals surface area contributed by atoms with E-state index in [4.69, 9.17) is 10.5 Å². The lowest BCUT2D eigenvalue weighted by Gasteiger charge is -2.14. The maximum atomic E-state index is 5.84.